The van der Waals surface area contributed by atoms with Crippen LogP contribution < -0.4 is 0 Å². The highest BCUT2D eigenvalue weighted by Gasteiger charge is 2.04. The van der Waals surface area contributed by atoms with Crippen molar-refractivity contribution in [1.29, 1.82) is 0 Å². The van der Waals surface area contributed by atoms with E-state index >= 15 is 0 Å². The Labute approximate surface area is 89.4 Å². The van der Waals surface area contributed by atoms with Crippen LogP contribution in [0.4, 0.5) is 0 Å². The summed E-state index contributed by atoms with van der Waals surface area (Å²) in [5, 5.41) is 2.10. The third-order valence-electron chi connectivity index (χ3n) is 1.96. The van der Waals surface area contributed by atoms with Crippen molar-refractivity contribution >= 4 is 27.3 Å². The van der Waals surface area contributed by atoms with E-state index in [-0.39, 0.29) is 0 Å². The summed E-state index contributed by atoms with van der Waals surface area (Å²) in [6.45, 7) is 0. The first-order valence-corrected chi connectivity index (χ1v) is 5.63. The molecule has 2 heterocycles. The van der Waals surface area contributed by atoms with Crippen LogP contribution in [0.1, 0.15) is 10.6 Å². The molecule has 0 saturated heterocycles. The molecule has 0 saturated carbocycles. The van der Waals surface area contributed by atoms with Crippen LogP contribution in [-0.2, 0) is 13.5 Å². The first-order valence-electron chi connectivity index (χ1n) is 3.96. The molecule has 68 valence electrons. The zero-order valence-electron chi connectivity index (χ0n) is 7.20. The van der Waals surface area contributed by atoms with Crippen LogP contribution in [0, 0.1) is 0 Å². The average molecular weight is 257 g/mol. The maximum Gasteiger partial charge on any atom is 0.177 e. The molecule has 0 aliphatic carbocycles. The van der Waals surface area contributed by atoms with Crippen LogP contribution in [0.3, 0.4) is 0 Å². The molecule has 2 aromatic rings. The lowest BCUT2D eigenvalue weighted by Gasteiger charge is -2.00. The van der Waals surface area contributed by atoms with Crippen LogP contribution in [0.2, 0.25) is 0 Å². The summed E-state index contributed by atoms with van der Waals surface area (Å²) in [6, 6.07) is 4.22. The summed E-state index contributed by atoms with van der Waals surface area (Å²) in [6.07, 6.45) is 2.87. The number of hydrogen-bond acceptors (Lipinski definition) is 2. The molecule has 0 fully saturated rings. The summed E-state index contributed by atoms with van der Waals surface area (Å²) in [7, 11) is 2.01. The van der Waals surface area contributed by atoms with E-state index < -0.39 is 0 Å². The lowest BCUT2D eigenvalue weighted by molar-refractivity contribution is 0.825. The molecule has 0 N–H and O–H groups in total. The maximum absolute atomic E-state index is 4.18. The first kappa shape index (κ1) is 8.97. The van der Waals surface area contributed by atoms with E-state index in [0.717, 1.165) is 11.2 Å². The molecule has 0 bridgehead atoms. The highest BCUT2D eigenvalue weighted by Crippen LogP contribution is 2.16. The third-order valence-corrected chi connectivity index (χ3v) is 3.58. The first-order chi connectivity index (χ1) is 6.27. The molecule has 0 unspecified atom stereocenters. The SMILES string of the molecule is Cn1c(Cc2cccs2)cnc1Br. The van der Waals surface area contributed by atoms with Crippen LogP contribution in [0.15, 0.2) is 28.4 Å². The Balaban J connectivity index is 2.24. The van der Waals surface area contributed by atoms with Gasteiger partial charge < -0.3 is 4.57 Å². The third kappa shape index (κ3) is 1.84. The van der Waals surface area contributed by atoms with Crippen LogP contribution >= 0.6 is 27.3 Å². The van der Waals surface area contributed by atoms with Crippen LogP contribution in [0.5, 0.6) is 0 Å². The van der Waals surface area contributed by atoms with Gasteiger partial charge in [-0.05, 0) is 27.4 Å². The Morgan fingerprint density at radius 1 is 1.62 bits per heavy atom. The summed E-state index contributed by atoms with van der Waals surface area (Å²) in [5.74, 6) is 0. The monoisotopic (exact) mass is 256 g/mol. The van der Waals surface area contributed by atoms with Gasteiger partial charge in [-0.2, -0.15) is 0 Å². The van der Waals surface area contributed by atoms with Gasteiger partial charge in [0.05, 0.1) is 0 Å². The second-order valence-electron chi connectivity index (χ2n) is 2.83. The van der Waals surface area contributed by atoms with Crippen molar-refractivity contribution in [3.05, 3.63) is 39.0 Å². The van der Waals surface area contributed by atoms with E-state index in [0.29, 0.717) is 0 Å². The summed E-state index contributed by atoms with van der Waals surface area (Å²) < 4.78 is 2.94. The number of imidazole rings is 1. The minimum absolute atomic E-state index is 0.888. The number of thiophene rings is 1. The van der Waals surface area contributed by atoms with Crippen molar-refractivity contribution in [1.82, 2.24) is 9.55 Å². The second kappa shape index (κ2) is 3.64. The molecule has 4 heteroatoms. The van der Waals surface area contributed by atoms with Crippen molar-refractivity contribution in [2.24, 2.45) is 7.05 Å². The minimum Gasteiger partial charge on any atom is -0.325 e. The van der Waals surface area contributed by atoms with Gasteiger partial charge in [0.25, 0.3) is 0 Å². The van der Waals surface area contributed by atoms with Gasteiger partial charge in [-0.3, -0.25) is 0 Å². The quantitative estimate of drug-likeness (QED) is 0.808. The van der Waals surface area contributed by atoms with Crippen molar-refractivity contribution < 1.29 is 0 Å². The van der Waals surface area contributed by atoms with E-state index in [1.165, 1.54) is 10.6 Å². The fourth-order valence-electron chi connectivity index (χ4n) is 1.18. The average Bonchev–Trinajstić information content (AvgIpc) is 2.71. The Bertz CT molecular complexity index is 392. The van der Waals surface area contributed by atoms with Gasteiger partial charge in [-0.25, -0.2) is 4.98 Å². The van der Waals surface area contributed by atoms with E-state index in [4.69, 9.17) is 0 Å². The Morgan fingerprint density at radius 2 is 2.46 bits per heavy atom. The van der Waals surface area contributed by atoms with Crippen molar-refractivity contribution in [2.75, 3.05) is 0 Å². The molecule has 0 amide bonds. The van der Waals surface area contributed by atoms with E-state index in [2.05, 4.69) is 43.0 Å². The summed E-state index contributed by atoms with van der Waals surface area (Å²) in [5.41, 5.74) is 1.23. The van der Waals surface area contributed by atoms with Gasteiger partial charge >= 0.3 is 0 Å². The summed E-state index contributed by atoms with van der Waals surface area (Å²) in [4.78, 5) is 5.55. The van der Waals surface area contributed by atoms with Gasteiger partial charge in [-0.1, -0.05) is 6.07 Å². The molecule has 0 aliphatic rings. The highest BCUT2D eigenvalue weighted by atomic mass is 79.9. The van der Waals surface area contributed by atoms with Crippen molar-refractivity contribution in [2.45, 2.75) is 6.42 Å². The Kier molecular flexibility index (Phi) is 2.51. The fraction of sp³-hybridized carbons (Fsp3) is 0.222. The molecule has 13 heavy (non-hydrogen) atoms. The van der Waals surface area contributed by atoms with Gasteiger partial charge in [0.2, 0.25) is 0 Å². The zero-order chi connectivity index (χ0) is 9.26. The maximum atomic E-state index is 4.18. The highest BCUT2D eigenvalue weighted by molar-refractivity contribution is 9.10. The zero-order valence-corrected chi connectivity index (χ0v) is 9.60. The molecule has 0 aromatic carbocycles. The summed E-state index contributed by atoms with van der Waals surface area (Å²) >= 11 is 5.15. The molecular weight excluding hydrogens is 248 g/mol. The topological polar surface area (TPSA) is 17.8 Å². The molecule has 0 radical (unpaired) electrons. The molecule has 0 spiro atoms. The predicted molar refractivity (Wildman–Crippen MR) is 58.0 cm³/mol. The van der Waals surface area contributed by atoms with Gasteiger partial charge in [0.1, 0.15) is 0 Å². The minimum atomic E-state index is 0.888. The Hall–Kier alpha value is -0.610. The molecule has 0 aliphatic heterocycles. The lowest BCUT2D eigenvalue weighted by atomic mass is 10.3. The standard InChI is InChI=1S/C9H9BrN2S/c1-12-7(6-11-9(12)10)5-8-3-2-4-13-8/h2-4,6H,5H2,1H3. The fourth-order valence-corrected chi connectivity index (χ4v) is 2.23. The van der Waals surface area contributed by atoms with Gasteiger partial charge in [-0.15, -0.1) is 11.3 Å². The lowest BCUT2D eigenvalue weighted by Crippen LogP contribution is -1.96. The normalized spacial score (nSPS) is 10.6. The number of nitrogens with zero attached hydrogens (tertiary/aromatic N) is 2. The van der Waals surface area contributed by atoms with Crippen LogP contribution in [-0.4, -0.2) is 9.55 Å². The molecule has 2 nitrogen and oxygen atoms in total. The predicted octanol–water partition coefficient (Wildman–Crippen LogP) is 2.83. The Morgan fingerprint density at radius 3 is 3.00 bits per heavy atom. The van der Waals surface area contributed by atoms with Crippen molar-refractivity contribution in [3.63, 3.8) is 0 Å². The van der Waals surface area contributed by atoms with Crippen LogP contribution in [0.25, 0.3) is 0 Å². The number of hydrogen-bond donors (Lipinski definition) is 0. The van der Waals surface area contributed by atoms with Gasteiger partial charge in [0, 0.05) is 30.2 Å². The smallest absolute Gasteiger partial charge is 0.177 e. The molecule has 2 aromatic heterocycles. The molecular formula is C9H9BrN2S. The number of aromatic nitrogens is 2. The number of halogens is 1. The number of rotatable bonds is 2. The second-order valence-corrected chi connectivity index (χ2v) is 4.58. The molecule has 0 atom stereocenters. The largest absolute Gasteiger partial charge is 0.325 e. The van der Waals surface area contributed by atoms with Gasteiger partial charge in [0.15, 0.2) is 4.73 Å². The van der Waals surface area contributed by atoms with Crippen molar-refractivity contribution in [3.8, 4) is 0 Å². The van der Waals surface area contributed by atoms with E-state index in [9.17, 15) is 0 Å². The molecule has 2 rings (SSSR count). The van der Waals surface area contributed by atoms with E-state index in [1.807, 2.05) is 13.2 Å². The van der Waals surface area contributed by atoms with E-state index in [1.54, 1.807) is 11.3 Å².